The standard InChI is InChI=1S/C22H18F5NO3S/c1-11-12(2)18(7-4-13(11)5-8-19(29)30)31-10-15-20(28-32-21(15)22(25,26)27)14-3-6-16(23)17(24)9-14/h3-4,6-7,9H,5,8,10H2,1-2H3,(H,29,30). The van der Waals surface area contributed by atoms with Crippen LogP contribution in [0.3, 0.4) is 0 Å². The van der Waals surface area contributed by atoms with Gasteiger partial charge in [-0.15, -0.1) is 0 Å². The van der Waals surface area contributed by atoms with Crippen molar-refractivity contribution in [2.75, 3.05) is 0 Å². The lowest BCUT2D eigenvalue weighted by atomic mass is 9.99. The van der Waals surface area contributed by atoms with Crippen molar-refractivity contribution in [3.05, 3.63) is 69.1 Å². The predicted octanol–water partition coefficient (Wildman–Crippen LogP) is 6.32. The smallest absolute Gasteiger partial charge is 0.427 e. The monoisotopic (exact) mass is 471 g/mol. The summed E-state index contributed by atoms with van der Waals surface area (Å²) in [4.78, 5) is 9.82. The van der Waals surface area contributed by atoms with E-state index in [1.807, 2.05) is 0 Å². The molecule has 170 valence electrons. The third kappa shape index (κ3) is 5.07. The number of ether oxygens (including phenoxy) is 1. The van der Waals surface area contributed by atoms with Crippen molar-refractivity contribution in [2.45, 2.75) is 39.5 Å². The van der Waals surface area contributed by atoms with Crippen molar-refractivity contribution in [1.82, 2.24) is 4.37 Å². The van der Waals surface area contributed by atoms with Crippen LogP contribution in [-0.2, 0) is 24.0 Å². The highest BCUT2D eigenvalue weighted by Gasteiger charge is 2.38. The van der Waals surface area contributed by atoms with E-state index in [-0.39, 0.29) is 34.8 Å². The van der Waals surface area contributed by atoms with Gasteiger partial charge in [-0.05, 0) is 72.8 Å². The van der Waals surface area contributed by atoms with Crippen molar-refractivity contribution in [2.24, 2.45) is 0 Å². The highest BCUT2D eigenvalue weighted by Crippen LogP contribution is 2.40. The Morgan fingerprint density at radius 1 is 1.09 bits per heavy atom. The lowest BCUT2D eigenvalue weighted by molar-refractivity contribution is -0.137. The summed E-state index contributed by atoms with van der Waals surface area (Å²) in [5.41, 5.74) is 1.84. The number of nitrogens with zero attached hydrogens (tertiary/aromatic N) is 1. The molecule has 0 bridgehead atoms. The lowest BCUT2D eigenvalue weighted by Gasteiger charge is -2.15. The number of alkyl halides is 3. The molecule has 1 aromatic heterocycles. The number of rotatable bonds is 7. The van der Waals surface area contributed by atoms with Crippen LogP contribution in [0.2, 0.25) is 0 Å². The van der Waals surface area contributed by atoms with Gasteiger partial charge in [-0.25, -0.2) is 8.78 Å². The minimum absolute atomic E-state index is 0.00571. The van der Waals surface area contributed by atoms with Crippen LogP contribution in [0.1, 0.15) is 33.6 Å². The van der Waals surface area contributed by atoms with E-state index in [0.29, 0.717) is 17.7 Å². The van der Waals surface area contributed by atoms with Gasteiger partial charge < -0.3 is 9.84 Å². The fraction of sp³-hybridized carbons (Fsp3) is 0.273. The number of hydrogen-bond acceptors (Lipinski definition) is 4. The van der Waals surface area contributed by atoms with Gasteiger partial charge in [0.05, 0.1) is 5.69 Å². The molecular weight excluding hydrogens is 453 g/mol. The second kappa shape index (κ2) is 9.23. The Balaban J connectivity index is 1.93. The molecule has 0 saturated heterocycles. The third-order valence-corrected chi connectivity index (χ3v) is 6.00. The molecule has 0 atom stereocenters. The maximum Gasteiger partial charge on any atom is 0.427 e. The molecule has 4 nitrogen and oxygen atoms in total. The molecule has 3 rings (SSSR count). The van der Waals surface area contributed by atoms with E-state index in [4.69, 9.17) is 9.84 Å². The minimum Gasteiger partial charge on any atom is -0.488 e. The minimum atomic E-state index is -4.70. The SMILES string of the molecule is Cc1c(CCC(=O)O)ccc(OCc2c(-c3ccc(F)c(F)c3)nsc2C(F)(F)F)c1C. The maximum absolute atomic E-state index is 13.6. The second-order valence-corrected chi connectivity index (χ2v) is 7.89. The number of benzene rings is 2. The Labute approximate surface area is 184 Å². The van der Waals surface area contributed by atoms with Gasteiger partial charge in [0.2, 0.25) is 0 Å². The molecule has 0 aliphatic carbocycles. The number of halogens is 5. The van der Waals surface area contributed by atoms with E-state index in [1.165, 1.54) is 0 Å². The largest absolute Gasteiger partial charge is 0.488 e. The van der Waals surface area contributed by atoms with Gasteiger partial charge in [0, 0.05) is 17.5 Å². The molecule has 0 aliphatic rings. The van der Waals surface area contributed by atoms with Crippen LogP contribution >= 0.6 is 11.5 Å². The average molecular weight is 471 g/mol. The molecule has 0 saturated carbocycles. The van der Waals surface area contributed by atoms with Gasteiger partial charge in [0.15, 0.2) is 11.6 Å². The van der Waals surface area contributed by atoms with Crippen molar-refractivity contribution in [3.8, 4) is 17.0 Å². The van der Waals surface area contributed by atoms with Crippen molar-refractivity contribution in [1.29, 1.82) is 0 Å². The van der Waals surface area contributed by atoms with Gasteiger partial charge in [-0.1, -0.05) is 6.07 Å². The molecule has 1 N–H and O–H groups in total. The van der Waals surface area contributed by atoms with E-state index in [9.17, 15) is 26.7 Å². The number of carboxylic acids is 1. The topological polar surface area (TPSA) is 59.4 Å². The van der Waals surface area contributed by atoms with Gasteiger partial charge >= 0.3 is 12.1 Å². The Morgan fingerprint density at radius 2 is 1.81 bits per heavy atom. The van der Waals surface area contributed by atoms with Crippen LogP contribution < -0.4 is 4.74 Å². The van der Waals surface area contributed by atoms with Gasteiger partial charge in [-0.3, -0.25) is 4.79 Å². The number of aliphatic carboxylic acids is 1. The zero-order chi connectivity index (χ0) is 23.6. The van der Waals surface area contributed by atoms with Crippen molar-refractivity contribution < 1.29 is 36.6 Å². The van der Waals surface area contributed by atoms with E-state index >= 15 is 0 Å². The molecule has 2 aromatic carbocycles. The highest BCUT2D eigenvalue weighted by molar-refractivity contribution is 7.06. The fourth-order valence-corrected chi connectivity index (χ4v) is 3.97. The van der Waals surface area contributed by atoms with Crippen molar-refractivity contribution in [3.63, 3.8) is 0 Å². The van der Waals surface area contributed by atoms with Crippen LogP contribution in [0.15, 0.2) is 30.3 Å². The Bertz CT molecular complexity index is 1160. The van der Waals surface area contributed by atoms with Crippen LogP contribution in [0, 0.1) is 25.5 Å². The molecule has 0 spiro atoms. The lowest BCUT2D eigenvalue weighted by Crippen LogP contribution is -2.09. The molecule has 1 heterocycles. The summed E-state index contributed by atoms with van der Waals surface area (Å²) in [6.07, 6.45) is -4.43. The quantitative estimate of drug-likeness (QED) is 0.410. The first-order valence-corrected chi connectivity index (χ1v) is 10.2. The first kappa shape index (κ1) is 23.6. The molecule has 0 fully saturated rings. The summed E-state index contributed by atoms with van der Waals surface area (Å²) in [5, 5.41) is 8.86. The molecule has 32 heavy (non-hydrogen) atoms. The molecule has 0 aliphatic heterocycles. The van der Waals surface area contributed by atoms with Crippen LogP contribution in [0.5, 0.6) is 5.75 Å². The molecule has 0 unspecified atom stereocenters. The average Bonchev–Trinajstić information content (AvgIpc) is 3.14. The number of carbonyl (C=O) groups is 1. The van der Waals surface area contributed by atoms with Crippen molar-refractivity contribution >= 4 is 17.5 Å². The van der Waals surface area contributed by atoms with Gasteiger partial charge in [0.1, 0.15) is 17.2 Å². The summed E-state index contributed by atoms with van der Waals surface area (Å²) in [5.74, 6) is -2.92. The highest BCUT2D eigenvalue weighted by atomic mass is 32.1. The molecule has 0 radical (unpaired) electrons. The van der Waals surface area contributed by atoms with Gasteiger partial charge in [0.25, 0.3) is 0 Å². The summed E-state index contributed by atoms with van der Waals surface area (Å²) >= 11 is 0.215. The number of aryl methyl sites for hydroxylation is 1. The zero-order valence-electron chi connectivity index (χ0n) is 17.0. The summed E-state index contributed by atoms with van der Waals surface area (Å²) in [7, 11) is 0. The first-order chi connectivity index (χ1) is 15.0. The van der Waals surface area contributed by atoms with Crippen LogP contribution in [0.25, 0.3) is 11.3 Å². The third-order valence-electron chi connectivity index (χ3n) is 5.07. The molecule has 3 aromatic rings. The summed E-state index contributed by atoms with van der Waals surface area (Å²) in [6.45, 7) is 3.01. The number of hydrogen-bond donors (Lipinski definition) is 1. The number of aromatic nitrogens is 1. The predicted molar refractivity (Wildman–Crippen MR) is 109 cm³/mol. The van der Waals surface area contributed by atoms with Crippen LogP contribution in [0.4, 0.5) is 22.0 Å². The first-order valence-electron chi connectivity index (χ1n) is 9.44. The Kier molecular flexibility index (Phi) is 6.82. The number of carboxylic acid groups (broad SMARTS) is 1. The molecular formula is C22H18F5NO3S. The molecule has 10 heteroatoms. The zero-order valence-corrected chi connectivity index (χ0v) is 17.8. The molecule has 0 amide bonds. The summed E-state index contributed by atoms with van der Waals surface area (Å²) in [6, 6.07) is 6.02. The fourth-order valence-electron chi connectivity index (χ4n) is 3.21. The maximum atomic E-state index is 13.6. The Morgan fingerprint density at radius 3 is 2.44 bits per heavy atom. The Hall–Kier alpha value is -3.01. The van der Waals surface area contributed by atoms with Crippen LogP contribution in [-0.4, -0.2) is 15.4 Å². The normalized spacial score (nSPS) is 11.6. The van der Waals surface area contributed by atoms with E-state index in [2.05, 4.69) is 4.37 Å². The van der Waals surface area contributed by atoms with E-state index < -0.39 is 35.3 Å². The van der Waals surface area contributed by atoms with E-state index in [0.717, 1.165) is 29.3 Å². The van der Waals surface area contributed by atoms with Gasteiger partial charge in [-0.2, -0.15) is 17.5 Å². The van der Waals surface area contributed by atoms with E-state index in [1.54, 1.807) is 26.0 Å². The second-order valence-electron chi connectivity index (χ2n) is 7.12. The summed E-state index contributed by atoms with van der Waals surface area (Å²) < 4.78 is 77.0.